The smallest absolute Gasteiger partial charge is 0.327 e. The van der Waals surface area contributed by atoms with Crippen LogP contribution in [0.25, 0.3) is 0 Å². The predicted octanol–water partition coefficient (Wildman–Crippen LogP) is 3.76. The van der Waals surface area contributed by atoms with Crippen LogP contribution < -0.4 is 11.1 Å². The molecule has 23 heavy (non-hydrogen) atoms. The number of rotatable bonds is 7. The van der Waals surface area contributed by atoms with E-state index in [2.05, 4.69) is 5.32 Å². The van der Waals surface area contributed by atoms with E-state index >= 15 is 0 Å². The lowest BCUT2D eigenvalue weighted by atomic mass is 10.0. The zero-order valence-electron chi connectivity index (χ0n) is 12.8. The van der Waals surface area contributed by atoms with Gasteiger partial charge in [-0.3, -0.25) is 0 Å². The fourth-order valence-electron chi connectivity index (χ4n) is 2.40. The minimum Gasteiger partial charge on any atom is -0.327 e. The van der Waals surface area contributed by atoms with E-state index in [1.54, 1.807) is 6.07 Å². The third-order valence-electron chi connectivity index (χ3n) is 3.62. The van der Waals surface area contributed by atoms with Gasteiger partial charge in [-0.25, -0.2) is 0 Å². The van der Waals surface area contributed by atoms with Gasteiger partial charge >= 0.3 is 6.18 Å². The molecule has 0 amide bonds. The second-order valence-corrected chi connectivity index (χ2v) is 5.61. The van der Waals surface area contributed by atoms with Gasteiger partial charge in [0.25, 0.3) is 0 Å². The third kappa shape index (κ3) is 6.04. The highest BCUT2D eigenvalue weighted by Crippen LogP contribution is 2.29. The first kappa shape index (κ1) is 17.5. The molecule has 2 nitrogen and oxygen atoms in total. The van der Waals surface area contributed by atoms with Gasteiger partial charge in [0.15, 0.2) is 0 Å². The van der Waals surface area contributed by atoms with E-state index in [1.807, 2.05) is 30.3 Å². The van der Waals surface area contributed by atoms with Crippen LogP contribution in [-0.2, 0) is 19.1 Å². The Morgan fingerprint density at radius 1 is 0.957 bits per heavy atom. The van der Waals surface area contributed by atoms with Crippen LogP contribution in [0.5, 0.6) is 0 Å². The van der Waals surface area contributed by atoms with Crippen molar-refractivity contribution in [1.29, 1.82) is 0 Å². The molecule has 0 aromatic heterocycles. The molecule has 2 aromatic rings. The van der Waals surface area contributed by atoms with Gasteiger partial charge in [-0.1, -0.05) is 48.5 Å². The highest BCUT2D eigenvalue weighted by Gasteiger charge is 2.30. The topological polar surface area (TPSA) is 38.0 Å². The Bertz CT molecular complexity index is 597. The molecule has 124 valence electrons. The second-order valence-electron chi connectivity index (χ2n) is 5.61. The van der Waals surface area contributed by atoms with Gasteiger partial charge in [0, 0.05) is 12.6 Å². The number of hydrogen-bond acceptors (Lipinski definition) is 2. The zero-order chi connectivity index (χ0) is 16.7. The van der Waals surface area contributed by atoms with E-state index in [4.69, 9.17) is 5.73 Å². The van der Waals surface area contributed by atoms with Gasteiger partial charge in [0.1, 0.15) is 0 Å². The van der Waals surface area contributed by atoms with E-state index < -0.39 is 11.7 Å². The van der Waals surface area contributed by atoms with E-state index in [0.717, 1.165) is 19.2 Å². The fraction of sp³-hybridized carbons (Fsp3) is 0.333. The molecule has 0 aliphatic rings. The Morgan fingerprint density at radius 2 is 1.65 bits per heavy atom. The molecule has 0 fully saturated rings. The zero-order valence-corrected chi connectivity index (χ0v) is 12.8. The standard InChI is InChI=1S/C18H21F3N2/c19-18(20,21)16-8-4-7-15(11-16)12-17(22)9-10-23-13-14-5-2-1-3-6-14/h1-8,11,17,23H,9-10,12-13,22H2/t17-/m1/s1. The first-order chi connectivity index (χ1) is 10.9. The van der Waals surface area contributed by atoms with Gasteiger partial charge < -0.3 is 11.1 Å². The molecule has 0 unspecified atom stereocenters. The van der Waals surface area contributed by atoms with Gasteiger partial charge in [-0.15, -0.1) is 0 Å². The van der Waals surface area contributed by atoms with Crippen molar-refractivity contribution in [3.8, 4) is 0 Å². The van der Waals surface area contributed by atoms with Crippen molar-refractivity contribution in [3.05, 3.63) is 71.3 Å². The molecule has 0 heterocycles. The van der Waals surface area contributed by atoms with Crippen molar-refractivity contribution in [2.45, 2.75) is 31.6 Å². The summed E-state index contributed by atoms with van der Waals surface area (Å²) in [5, 5.41) is 3.29. The molecular weight excluding hydrogens is 301 g/mol. The summed E-state index contributed by atoms with van der Waals surface area (Å²) in [6.07, 6.45) is -3.16. The molecule has 0 saturated heterocycles. The van der Waals surface area contributed by atoms with E-state index in [1.165, 1.54) is 17.7 Å². The Hall–Kier alpha value is -1.85. The first-order valence-corrected chi connectivity index (χ1v) is 7.61. The lowest BCUT2D eigenvalue weighted by Gasteiger charge is -2.14. The molecule has 0 radical (unpaired) electrons. The van der Waals surface area contributed by atoms with Crippen LogP contribution in [-0.4, -0.2) is 12.6 Å². The summed E-state index contributed by atoms with van der Waals surface area (Å²) in [5.41, 5.74) is 7.22. The van der Waals surface area contributed by atoms with Gasteiger partial charge in [0.05, 0.1) is 5.56 Å². The molecular formula is C18H21F3N2. The molecule has 1 atom stereocenters. The first-order valence-electron chi connectivity index (χ1n) is 7.61. The fourth-order valence-corrected chi connectivity index (χ4v) is 2.40. The molecule has 2 rings (SSSR count). The van der Waals surface area contributed by atoms with E-state index in [0.29, 0.717) is 18.4 Å². The third-order valence-corrected chi connectivity index (χ3v) is 3.62. The minimum atomic E-state index is -4.31. The van der Waals surface area contributed by atoms with Gasteiger partial charge in [0.2, 0.25) is 0 Å². The molecule has 3 N–H and O–H groups in total. The molecule has 0 aliphatic carbocycles. The summed E-state index contributed by atoms with van der Waals surface area (Å²) < 4.78 is 38.0. The number of alkyl halides is 3. The van der Waals surface area contributed by atoms with E-state index in [9.17, 15) is 13.2 Å². The van der Waals surface area contributed by atoms with Crippen molar-refractivity contribution in [2.24, 2.45) is 5.73 Å². The van der Waals surface area contributed by atoms with Crippen molar-refractivity contribution < 1.29 is 13.2 Å². The lowest BCUT2D eigenvalue weighted by Crippen LogP contribution is -2.28. The molecule has 2 aromatic carbocycles. The maximum Gasteiger partial charge on any atom is 0.416 e. The van der Waals surface area contributed by atoms with Crippen molar-refractivity contribution >= 4 is 0 Å². The average molecular weight is 322 g/mol. The monoisotopic (exact) mass is 322 g/mol. The minimum absolute atomic E-state index is 0.165. The van der Waals surface area contributed by atoms with Gasteiger partial charge in [-0.05, 0) is 36.6 Å². The lowest BCUT2D eigenvalue weighted by molar-refractivity contribution is -0.137. The van der Waals surface area contributed by atoms with Crippen molar-refractivity contribution in [2.75, 3.05) is 6.54 Å². The van der Waals surface area contributed by atoms with E-state index in [-0.39, 0.29) is 6.04 Å². The number of benzene rings is 2. The van der Waals surface area contributed by atoms with Crippen LogP contribution in [0.1, 0.15) is 23.1 Å². The van der Waals surface area contributed by atoms with Crippen LogP contribution in [0.15, 0.2) is 54.6 Å². The highest BCUT2D eigenvalue weighted by atomic mass is 19.4. The predicted molar refractivity (Wildman–Crippen MR) is 85.9 cm³/mol. The van der Waals surface area contributed by atoms with Crippen molar-refractivity contribution in [3.63, 3.8) is 0 Å². The maximum atomic E-state index is 12.7. The summed E-state index contributed by atoms with van der Waals surface area (Å²) >= 11 is 0. The summed E-state index contributed by atoms with van der Waals surface area (Å²) in [5.74, 6) is 0. The number of halogens is 3. The number of nitrogens with two attached hydrogens (primary N) is 1. The van der Waals surface area contributed by atoms with Crippen LogP contribution in [0.2, 0.25) is 0 Å². The van der Waals surface area contributed by atoms with Crippen LogP contribution in [0, 0.1) is 0 Å². The Balaban J connectivity index is 1.75. The normalized spacial score (nSPS) is 13.0. The molecule has 0 saturated carbocycles. The quantitative estimate of drug-likeness (QED) is 0.762. The second kappa shape index (κ2) is 8.13. The number of nitrogens with one attached hydrogen (secondary N) is 1. The van der Waals surface area contributed by atoms with Crippen LogP contribution in [0.3, 0.4) is 0 Å². The van der Waals surface area contributed by atoms with Gasteiger partial charge in [-0.2, -0.15) is 13.2 Å². The molecule has 0 bridgehead atoms. The SMILES string of the molecule is N[C@H](CCNCc1ccccc1)Cc1cccc(C(F)(F)F)c1. The van der Waals surface area contributed by atoms with Crippen LogP contribution in [0.4, 0.5) is 13.2 Å². The van der Waals surface area contributed by atoms with Crippen LogP contribution >= 0.6 is 0 Å². The Labute approximate surface area is 134 Å². The summed E-state index contributed by atoms with van der Waals surface area (Å²) in [6.45, 7) is 1.49. The summed E-state index contributed by atoms with van der Waals surface area (Å²) in [6, 6.07) is 15.2. The molecule has 5 heteroatoms. The largest absolute Gasteiger partial charge is 0.416 e. The summed E-state index contributed by atoms with van der Waals surface area (Å²) in [4.78, 5) is 0. The Kier molecular flexibility index (Phi) is 6.19. The number of hydrogen-bond donors (Lipinski definition) is 2. The van der Waals surface area contributed by atoms with Crippen molar-refractivity contribution in [1.82, 2.24) is 5.32 Å². The average Bonchev–Trinajstić information content (AvgIpc) is 2.52. The Morgan fingerprint density at radius 3 is 2.35 bits per heavy atom. The molecule has 0 aliphatic heterocycles. The maximum absolute atomic E-state index is 12.7. The molecule has 0 spiro atoms. The summed E-state index contributed by atoms with van der Waals surface area (Å²) in [7, 11) is 0. The highest BCUT2D eigenvalue weighted by molar-refractivity contribution is 5.26.